The number of nitrogens with zero attached hydrogens (tertiary/aromatic N) is 4. The summed E-state index contributed by atoms with van der Waals surface area (Å²) >= 11 is 1.41. The van der Waals surface area contributed by atoms with E-state index in [4.69, 9.17) is 0 Å². The Bertz CT molecular complexity index is 1390. The van der Waals surface area contributed by atoms with E-state index in [0.717, 1.165) is 28.1 Å². The number of hydrogen-bond donors (Lipinski definition) is 0. The van der Waals surface area contributed by atoms with Crippen LogP contribution in [0.25, 0.3) is 0 Å². The van der Waals surface area contributed by atoms with Crippen molar-refractivity contribution < 1.29 is 14.0 Å². The molecule has 190 valence electrons. The van der Waals surface area contributed by atoms with E-state index in [0.29, 0.717) is 38.5 Å². The van der Waals surface area contributed by atoms with Crippen molar-refractivity contribution in [1.29, 1.82) is 0 Å². The van der Waals surface area contributed by atoms with E-state index >= 15 is 0 Å². The maximum Gasteiger partial charge on any atom is 0.269 e. The highest BCUT2D eigenvalue weighted by atomic mass is 32.2. The molecule has 3 aromatic rings. The Morgan fingerprint density at radius 3 is 2.30 bits per heavy atom. The van der Waals surface area contributed by atoms with E-state index in [1.165, 1.54) is 17.8 Å². The molecule has 2 saturated heterocycles. The van der Waals surface area contributed by atoms with Gasteiger partial charge in [-0.2, -0.15) is 0 Å². The summed E-state index contributed by atoms with van der Waals surface area (Å²) in [4.78, 5) is 34.3. The average Bonchev–Trinajstić information content (AvgIpc) is 3.37. The molecule has 1 unspecified atom stereocenters. The molecular weight excluding hydrogens is 487 g/mol. The van der Waals surface area contributed by atoms with E-state index in [9.17, 15) is 14.0 Å². The summed E-state index contributed by atoms with van der Waals surface area (Å²) in [5, 5.41) is 0. The normalized spacial score (nSPS) is 21.9. The Kier molecular flexibility index (Phi) is 5.96. The molecule has 3 heterocycles. The number of thioether (sulfide) groups is 1. The third-order valence-electron chi connectivity index (χ3n) is 7.72. The zero-order valence-corrected chi connectivity index (χ0v) is 21.8. The first-order valence-corrected chi connectivity index (χ1v) is 13.6. The highest BCUT2D eigenvalue weighted by molar-refractivity contribution is 8.02. The first kappa shape index (κ1) is 24.0. The molecule has 0 radical (unpaired) electrons. The van der Waals surface area contributed by atoms with Gasteiger partial charge in [0.1, 0.15) is 5.82 Å². The van der Waals surface area contributed by atoms with E-state index in [1.807, 2.05) is 73.3 Å². The number of anilines is 3. The minimum absolute atomic E-state index is 0.0586. The number of carbonyl (C=O) groups excluding carboxylic acids is 2. The van der Waals surface area contributed by atoms with Crippen molar-refractivity contribution in [3.8, 4) is 0 Å². The van der Waals surface area contributed by atoms with E-state index in [1.54, 1.807) is 11.0 Å². The van der Waals surface area contributed by atoms with Crippen LogP contribution < -0.4 is 14.7 Å². The number of hydrogen-bond acceptors (Lipinski definition) is 5. The number of piperazine rings is 1. The van der Waals surface area contributed by atoms with Gasteiger partial charge in [0, 0.05) is 37.4 Å². The molecule has 37 heavy (non-hydrogen) atoms. The van der Waals surface area contributed by atoms with Crippen LogP contribution in [0, 0.1) is 19.7 Å². The lowest BCUT2D eigenvalue weighted by atomic mass is 10.0. The number of carbonyl (C=O) groups is 2. The number of benzene rings is 3. The molecule has 2 fully saturated rings. The van der Waals surface area contributed by atoms with Crippen LogP contribution in [0.1, 0.15) is 16.7 Å². The van der Waals surface area contributed by atoms with Gasteiger partial charge in [-0.25, -0.2) is 4.39 Å². The van der Waals surface area contributed by atoms with Gasteiger partial charge in [-0.3, -0.25) is 24.3 Å². The molecule has 6 nitrogen and oxygen atoms in total. The molecule has 1 spiro atoms. The van der Waals surface area contributed by atoms with Crippen LogP contribution in [0.2, 0.25) is 0 Å². The number of aryl methyl sites for hydroxylation is 2. The van der Waals surface area contributed by atoms with Crippen molar-refractivity contribution in [1.82, 2.24) is 4.90 Å². The molecular formula is C29H29FN4O2S. The summed E-state index contributed by atoms with van der Waals surface area (Å²) in [6, 6.07) is 20.6. The molecule has 3 aliphatic rings. The van der Waals surface area contributed by atoms with Gasteiger partial charge in [-0.15, -0.1) is 11.8 Å². The summed E-state index contributed by atoms with van der Waals surface area (Å²) in [6.07, 6.45) is 0. The van der Waals surface area contributed by atoms with Gasteiger partial charge >= 0.3 is 0 Å². The fraction of sp³-hybridized carbons (Fsp3) is 0.310. The second-order valence-corrected chi connectivity index (χ2v) is 11.0. The zero-order chi connectivity index (χ0) is 25.7. The van der Waals surface area contributed by atoms with Crippen molar-refractivity contribution in [2.75, 3.05) is 53.3 Å². The second kappa shape index (κ2) is 9.19. The number of para-hydroxylation sites is 2. The Balaban J connectivity index is 1.29. The van der Waals surface area contributed by atoms with E-state index in [-0.39, 0.29) is 23.4 Å². The van der Waals surface area contributed by atoms with Crippen LogP contribution in [-0.4, -0.2) is 55.3 Å². The number of fused-ring (bicyclic) bond motifs is 2. The molecule has 1 atom stereocenters. The molecule has 2 amide bonds. The summed E-state index contributed by atoms with van der Waals surface area (Å²) in [7, 11) is 0. The Hall–Kier alpha value is -3.36. The minimum Gasteiger partial charge on any atom is -0.367 e. The third kappa shape index (κ3) is 3.81. The first-order chi connectivity index (χ1) is 17.9. The molecule has 0 bridgehead atoms. The Morgan fingerprint density at radius 2 is 1.57 bits per heavy atom. The van der Waals surface area contributed by atoms with Gasteiger partial charge < -0.3 is 4.90 Å². The maximum absolute atomic E-state index is 14.3. The highest BCUT2D eigenvalue weighted by Crippen LogP contribution is 2.55. The Labute approximate surface area is 220 Å². The van der Waals surface area contributed by atoms with Crippen LogP contribution in [0.3, 0.4) is 0 Å². The number of halogens is 1. The van der Waals surface area contributed by atoms with Gasteiger partial charge in [0.25, 0.3) is 5.91 Å². The molecule has 3 aromatic carbocycles. The first-order valence-electron chi connectivity index (χ1n) is 12.6. The molecule has 0 aromatic heterocycles. The van der Waals surface area contributed by atoms with Crippen molar-refractivity contribution in [2.45, 2.75) is 18.7 Å². The second-order valence-electron chi connectivity index (χ2n) is 9.88. The fourth-order valence-electron chi connectivity index (χ4n) is 5.60. The molecule has 0 saturated carbocycles. The van der Waals surface area contributed by atoms with Crippen LogP contribution in [0.5, 0.6) is 0 Å². The van der Waals surface area contributed by atoms with Gasteiger partial charge in [-0.1, -0.05) is 36.4 Å². The third-order valence-corrected chi connectivity index (χ3v) is 9.11. The van der Waals surface area contributed by atoms with Crippen molar-refractivity contribution in [2.24, 2.45) is 0 Å². The molecule has 0 aliphatic carbocycles. The smallest absolute Gasteiger partial charge is 0.269 e. The topological polar surface area (TPSA) is 47.1 Å². The summed E-state index contributed by atoms with van der Waals surface area (Å²) in [5.41, 5.74) is 5.31. The van der Waals surface area contributed by atoms with Crippen LogP contribution in [0.15, 0.2) is 66.7 Å². The number of rotatable bonds is 4. The average molecular weight is 517 g/mol. The van der Waals surface area contributed by atoms with Gasteiger partial charge in [0.15, 0.2) is 0 Å². The molecule has 3 aliphatic heterocycles. The van der Waals surface area contributed by atoms with Gasteiger partial charge in [-0.05, 0) is 55.3 Å². The molecule has 6 rings (SSSR count). The number of amides is 2. The standard InChI is InChI=1S/C29H29FN4O2S/c1-20-11-12-22(17-21(20)2)34-27(35)18-37-29(34)23-7-3-5-9-25(23)33(28(29)36)19-31-13-15-32(16-14-31)26-10-6-4-8-24(26)30/h3-12,17H,13-16,18-19H2,1-2H3. The summed E-state index contributed by atoms with van der Waals surface area (Å²) in [6.45, 7) is 7.27. The largest absolute Gasteiger partial charge is 0.367 e. The van der Waals surface area contributed by atoms with Crippen LogP contribution in [0.4, 0.5) is 21.5 Å². The maximum atomic E-state index is 14.3. The van der Waals surface area contributed by atoms with E-state index in [2.05, 4.69) is 9.80 Å². The predicted octanol–water partition coefficient (Wildman–Crippen LogP) is 4.50. The molecule has 0 N–H and O–H groups in total. The van der Waals surface area contributed by atoms with E-state index < -0.39 is 4.87 Å². The summed E-state index contributed by atoms with van der Waals surface area (Å²) < 4.78 is 14.3. The fourth-order valence-corrected chi connectivity index (χ4v) is 6.96. The van der Waals surface area contributed by atoms with Crippen molar-refractivity contribution >= 4 is 40.6 Å². The molecule has 8 heteroatoms. The highest BCUT2D eigenvalue weighted by Gasteiger charge is 2.61. The van der Waals surface area contributed by atoms with Crippen molar-refractivity contribution in [3.63, 3.8) is 0 Å². The monoisotopic (exact) mass is 516 g/mol. The Morgan fingerprint density at radius 1 is 0.865 bits per heavy atom. The van der Waals surface area contributed by atoms with Gasteiger partial charge in [0.2, 0.25) is 10.8 Å². The van der Waals surface area contributed by atoms with Crippen LogP contribution >= 0.6 is 11.8 Å². The predicted molar refractivity (Wildman–Crippen MR) is 147 cm³/mol. The lowest BCUT2D eigenvalue weighted by Crippen LogP contribution is -2.54. The minimum atomic E-state index is -1.11. The summed E-state index contributed by atoms with van der Waals surface area (Å²) in [5.74, 6) is -0.103. The zero-order valence-electron chi connectivity index (χ0n) is 21.0. The van der Waals surface area contributed by atoms with Gasteiger partial charge in [0.05, 0.1) is 23.8 Å². The lowest BCUT2D eigenvalue weighted by molar-refractivity contribution is -0.124. The van der Waals surface area contributed by atoms with Crippen LogP contribution in [-0.2, 0) is 14.5 Å². The van der Waals surface area contributed by atoms with Crippen molar-refractivity contribution in [3.05, 3.63) is 89.2 Å². The lowest BCUT2D eigenvalue weighted by Gasteiger charge is -2.38. The quantitative estimate of drug-likeness (QED) is 0.511. The SMILES string of the molecule is Cc1ccc(N2C(=O)CSC23C(=O)N(CN2CCN(c4ccccc4F)CC2)c2ccccc23)cc1C.